The summed E-state index contributed by atoms with van der Waals surface area (Å²) in [5.41, 5.74) is 0.475. The summed E-state index contributed by atoms with van der Waals surface area (Å²) < 4.78 is 11.2. The summed E-state index contributed by atoms with van der Waals surface area (Å²) in [6.45, 7) is 1.72. The molecular formula is C20H20N2O3. The number of fused-ring (bicyclic) bond motifs is 1. The molecule has 1 aromatic carbocycles. The summed E-state index contributed by atoms with van der Waals surface area (Å²) in [6, 6.07) is 13.5. The fourth-order valence-corrected chi connectivity index (χ4v) is 3.28. The molecule has 4 rings (SSSR count). The van der Waals surface area contributed by atoms with E-state index in [-0.39, 0.29) is 12.0 Å². The Kier molecular flexibility index (Phi) is 4.48. The van der Waals surface area contributed by atoms with Crippen molar-refractivity contribution in [1.82, 2.24) is 9.88 Å². The van der Waals surface area contributed by atoms with Crippen LogP contribution >= 0.6 is 0 Å². The van der Waals surface area contributed by atoms with Crippen molar-refractivity contribution in [2.24, 2.45) is 0 Å². The largest absolute Gasteiger partial charge is 0.467 e. The Hall–Kier alpha value is -2.66. The molecule has 2 aromatic heterocycles. The first-order chi connectivity index (χ1) is 12.3. The number of amides is 1. The van der Waals surface area contributed by atoms with Gasteiger partial charge in [-0.05, 0) is 36.4 Å². The van der Waals surface area contributed by atoms with Gasteiger partial charge in [0.2, 0.25) is 0 Å². The van der Waals surface area contributed by atoms with Crippen molar-refractivity contribution in [2.45, 2.75) is 25.5 Å². The Bertz CT molecular complexity index is 849. The van der Waals surface area contributed by atoms with Crippen molar-refractivity contribution < 1.29 is 13.9 Å². The molecule has 0 bridgehead atoms. The molecule has 25 heavy (non-hydrogen) atoms. The third-order valence-corrected chi connectivity index (χ3v) is 4.54. The molecule has 3 aromatic rings. The first-order valence-corrected chi connectivity index (χ1v) is 8.58. The quantitative estimate of drug-likeness (QED) is 0.714. The molecule has 5 nitrogen and oxygen atoms in total. The number of hydrogen-bond acceptors (Lipinski definition) is 4. The second kappa shape index (κ2) is 7.07. The molecule has 128 valence electrons. The number of rotatable bonds is 5. The van der Waals surface area contributed by atoms with Crippen molar-refractivity contribution in [2.75, 3.05) is 13.2 Å². The highest BCUT2D eigenvalue weighted by atomic mass is 16.5. The Morgan fingerprint density at radius 3 is 2.92 bits per heavy atom. The van der Waals surface area contributed by atoms with Gasteiger partial charge in [0.05, 0.1) is 18.9 Å². The third-order valence-electron chi connectivity index (χ3n) is 4.54. The predicted molar refractivity (Wildman–Crippen MR) is 94.2 cm³/mol. The normalized spacial score (nSPS) is 17.0. The molecule has 0 aliphatic carbocycles. The molecule has 1 atom stereocenters. The zero-order valence-electron chi connectivity index (χ0n) is 13.9. The van der Waals surface area contributed by atoms with E-state index >= 15 is 0 Å². The molecule has 1 aliphatic heterocycles. The fraction of sp³-hybridized carbons (Fsp3) is 0.300. The van der Waals surface area contributed by atoms with Crippen LogP contribution in [0.5, 0.6) is 0 Å². The maximum atomic E-state index is 13.2. The summed E-state index contributed by atoms with van der Waals surface area (Å²) in [7, 11) is 0. The van der Waals surface area contributed by atoms with Crippen molar-refractivity contribution in [1.29, 1.82) is 0 Å². The van der Waals surface area contributed by atoms with E-state index in [0.29, 0.717) is 18.8 Å². The number of carbonyl (C=O) groups excluding carboxylic acids is 1. The zero-order chi connectivity index (χ0) is 17.1. The van der Waals surface area contributed by atoms with Crippen LogP contribution in [0.25, 0.3) is 10.8 Å². The standard InChI is InChI=1S/C20H20N2O3/c23-20(19-18-8-2-1-5-15(18)9-10-21-19)22(13-16-6-3-11-24-16)14-17-7-4-12-25-17/h1-3,5-6,8-11,17H,4,7,12-14H2/t17-/m1/s1. The Morgan fingerprint density at radius 2 is 2.12 bits per heavy atom. The lowest BCUT2D eigenvalue weighted by molar-refractivity contribution is 0.0489. The van der Waals surface area contributed by atoms with Gasteiger partial charge in [0.1, 0.15) is 11.5 Å². The van der Waals surface area contributed by atoms with E-state index < -0.39 is 0 Å². The number of benzene rings is 1. The summed E-state index contributed by atoms with van der Waals surface area (Å²) >= 11 is 0. The van der Waals surface area contributed by atoms with Gasteiger partial charge in [-0.25, -0.2) is 0 Å². The van der Waals surface area contributed by atoms with Gasteiger partial charge in [0.15, 0.2) is 0 Å². The van der Waals surface area contributed by atoms with E-state index in [2.05, 4.69) is 4.98 Å². The van der Waals surface area contributed by atoms with E-state index in [4.69, 9.17) is 9.15 Å². The second-order valence-electron chi connectivity index (χ2n) is 6.28. The van der Waals surface area contributed by atoms with Gasteiger partial charge in [-0.15, -0.1) is 0 Å². The molecule has 3 heterocycles. The molecule has 0 saturated carbocycles. The Morgan fingerprint density at radius 1 is 1.20 bits per heavy atom. The lowest BCUT2D eigenvalue weighted by Gasteiger charge is -2.24. The van der Waals surface area contributed by atoms with Gasteiger partial charge in [0.25, 0.3) is 5.91 Å². The number of pyridine rings is 1. The van der Waals surface area contributed by atoms with Crippen LogP contribution in [0.4, 0.5) is 0 Å². The van der Waals surface area contributed by atoms with Crippen molar-refractivity contribution in [3.8, 4) is 0 Å². The van der Waals surface area contributed by atoms with Crippen LogP contribution in [-0.2, 0) is 11.3 Å². The van der Waals surface area contributed by atoms with Gasteiger partial charge in [-0.1, -0.05) is 24.3 Å². The van der Waals surface area contributed by atoms with Crippen molar-refractivity contribution in [3.05, 3.63) is 66.4 Å². The molecule has 0 radical (unpaired) electrons. The number of nitrogens with zero attached hydrogens (tertiary/aromatic N) is 2. The Balaban J connectivity index is 1.65. The topological polar surface area (TPSA) is 55.6 Å². The zero-order valence-corrected chi connectivity index (χ0v) is 13.9. The minimum absolute atomic E-state index is 0.0777. The van der Waals surface area contributed by atoms with Crippen LogP contribution in [0.15, 0.2) is 59.3 Å². The van der Waals surface area contributed by atoms with Crippen LogP contribution in [0, 0.1) is 0 Å². The third kappa shape index (κ3) is 3.42. The van der Waals surface area contributed by atoms with Crippen LogP contribution < -0.4 is 0 Å². The maximum absolute atomic E-state index is 13.2. The minimum Gasteiger partial charge on any atom is -0.467 e. The van der Waals surface area contributed by atoms with Gasteiger partial charge < -0.3 is 14.1 Å². The SMILES string of the molecule is O=C(c1nccc2ccccc12)N(Cc1ccco1)C[C@H]1CCCO1. The van der Waals surface area contributed by atoms with Crippen molar-refractivity contribution in [3.63, 3.8) is 0 Å². The highest BCUT2D eigenvalue weighted by Gasteiger charge is 2.26. The van der Waals surface area contributed by atoms with Gasteiger partial charge in [-0.2, -0.15) is 0 Å². The monoisotopic (exact) mass is 336 g/mol. The highest BCUT2D eigenvalue weighted by Crippen LogP contribution is 2.21. The minimum atomic E-state index is -0.0938. The molecule has 1 amide bonds. The fourth-order valence-electron chi connectivity index (χ4n) is 3.28. The predicted octanol–water partition coefficient (Wildman–Crippen LogP) is 3.65. The lowest BCUT2D eigenvalue weighted by Crippen LogP contribution is -2.37. The van der Waals surface area contributed by atoms with E-state index in [9.17, 15) is 4.79 Å². The number of aromatic nitrogens is 1. The summed E-state index contributed by atoms with van der Waals surface area (Å²) in [4.78, 5) is 19.4. The van der Waals surface area contributed by atoms with Crippen molar-refractivity contribution >= 4 is 16.7 Å². The number of carbonyl (C=O) groups is 1. The number of hydrogen-bond donors (Lipinski definition) is 0. The average molecular weight is 336 g/mol. The lowest BCUT2D eigenvalue weighted by atomic mass is 10.1. The van der Waals surface area contributed by atoms with Gasteiger partial charge in [0, 0.05) is 24.7 Å². The van der Waals surface area contributed by atoms with E-state index in [1.807, 2.05) is 42.5 Å². The van der Waals surface area contributed by atoms with E-state index in [1.54, 1.807) is 17.4 Å². The van der Waals surface area contributed by atoms with E-state index in [1.165, 1.54) is 0 Å². The molecule has 0 N–H and O–H groups in total. The molecule has 1 aliphatic rings. The summed E-state index contributed by atoms with van der Waals surface area (Å²) in [6.07, 6.45) is 5.41. The Labute approximate surface area is 146 Å². The second-order valence-corrected chi connectivity index (χ2v) is 6.28. The summed E-state index contributed by atoms with van der Waals surface area (Å²) in [5.74, 6) is 0.662. The molecule has 0 spiro atoms. The number of ether oxygens (including phenoxy) is 1. The van der Waals surface area contributed by atoms with E-state index in [0.717, 1.165) is 36.0 Å². The average Bonchev–Trinajstić information content (AvgIpc) is 3.34. The first kappa shape index (κ1) is 15.8. The molecule has 1 fully saturated rings. The van der Waals surface area contributed by atoms with Gasteiger partial charge >= 0.3 is 0 Å². The van der Waals surface area contributed by atoms with Crippen LogP contribution in [0.2, 0.25) is 0 Å². The van der Waals surface area contributed by atoms with Crippen LogP contribution in [0.3, 0.4) is 0 Å². The molecule has 1 saturated heterocycles. The smallest absolute Gasteiger partial charge is 0.273 e. The van der Waals surface area contributed by atoms with Crippen LogP contribution in [0.1, 0.15) is 29.1 Å². The first-order valence-electron chi connectivity index (χ1n) is 8.58. The van der Waals surface area contributed by atoms with Crippen LogP contribution in [-0.4, -0.2) is 35.0 Å². The number of furan rings is 1. The summed E-state index contributed by atoms with van der Waals surface area (Å²) in [5, 5.41) is 1.88. The maximum Gasteiger partial charge on any atom is 0.273 e. The van der Waals surface area contributed by atoms with Gasteiger partial charge in [-0.3, -0.25) is 9.78 Å². The molecular weight excluding hydrogens is 316 g/mol. The highest BCUT2D eigenvalue weighted by molar-refractivity contribution is 6.05. The molecule has 0 unspecified atom stereocenters. The molecule has 5 heteroatoms.